The van der Waals surface area contributed by atoms with Crippen LogP contribution < -0.4 is 10.5 Å². The van der Waals surface area contributed by atoms with E-state index in [1.54, 1.807) is 31.2 Å². The van der Waals surface area contributed by atoms with E-state index >= 15 is 0 Å². The number of aromatic nitrogens is 1. The monoisotopic (exact) mass is 246 g/mol. The summed E-state index contributed by atoms with van der Waals surface area (Å²) in [4.78, 5) is 15.4. The Morgan fingerprint density at radius 3 is 2.89 bits per heavy atom. The average Bonchev–Trinajstić information content (AvgIpc) is 2.35. The van der Waals surface area contributed by atoms with E-state index in [-0.39, 0.29) is 17.5 Å². The zero-order chi connectivity index (χ0) is 13.1. The van der Waals surface area contributed by atoms with Crippen molar-refractivity contribution in [3.8, 4) is 5.88 Å². The average molecular weight is 246 g/mol. The summed E-state index contributed by atoms with van der Waals surface area (Å²) in [5.74, 6) is -0.720. The van der Waals surface area contributed by atoms with Gasteiger partial charge in [-0.1, -0.05) is 18.2 Å². The summed E-state index contributed by atoms with van der Waals surface area (Å²) < 4.78 is 5.37. The molecule has 5 heteroatoms. The van der Waals surface area contributed by atoms with Crippen LogP contribution in [0.25, 0.3) is 10.9 Å². The molecule has 0 saturated heterocycles. The molecule has 0 aliphatic heterocycles. The maximum atomic E-state index is 11.2. The fourth-order valence-corrected chi connectivity index (χ4v) is 1.62. The van der Waals surface area contributed by atoms with Crippen LogP contribution in [0.3, 0.4) is 0 Å². The number of hydrogen-bond donors (Lipinski definition) is 2. The zero-order valence-corrected chi connectivity index (χ0v) is 9.96. The summed E-state index contributed by atoms with van der Waals surface area (Å²) in [6, 6.07) is 8.34. The number of pyridine rings is 1. The molecule has 5 nitrogen and oxygen atoms in total. The van der Waals surface area contributed by atoms with E-state index in [0.717, 1.165) is 0 Å². The summed E-state index contributed by atoms with van der Waals surface area (Å²) in [6.07, 6.45) is 0. The molecule has 2 aromatic rings. The Bertz CT molecular complexity index is 581. The van der Waals surface area contributed by atoms with Crippen LogP contribution in [0.5, 0.6) is 5.88 Å². The predicted octanol–water partition coefficient (Wildman–Crippen LogP) is 1.66. The molecule has 1 aromatic heterocycles. The number of rotatable bonds is 4. The summed E-state index contributed by atoms with van der Waals surface area (Å²) in [7, 11) is 0. The smallest absolute Gasteiger partial charge is 0.336 e. The number of hydrogen-bond acceptors (Lipinski definition) is 4. The third kappa shape index (κ3) is 2.57. The first-order chi connectivity index (χ1) is 8.58. The summed E-state index contributed by atoms with van der Waals surface area (Å²) in [6.45, 7) is 2.10. The Hall–Kier alpha value is -2.14. The Balaban J connectivity index is 2.47. The number of nitrogens with two attached hydrogens (primary N) is 1. The SMILES string of the molecule is CC(N)COc1cc(C(=O)O)c2ccccc2n1. The van der Waals surface area contributed by atoms with E-state index in [1.165, 1.54) is 6.07 Å². The van der Waals surface area contributed by atoms with E-state index in [0.29, 0.717) is 17.5 Å². The van der Waals surface area contributed by atoms with Gasteiger partial charge in [0.25, 0.3) is 0 Å². The lowest BCUT2D eigenvalue weighted by molar-refractivity contribution is 0.0698. The number of ether oxygens (including phenoxy) is 1. The molecule has 94 valence electrons. The highest BCUT2D eigenvalue weighted by Crippen LogP contribution is 2.22. The molecule has 0 spiro atoms. The maximum Gasteiger partial charge on any atom is 0.336 e. The molecule has 0 saturated carbocycles. The maximum absolute atomic E-state index is 11.2. The van der Waals surface area contributed by atoms with Gasteiger partial charge in [0.1, 0.15) is 6.61 Å². The molecule has 0 fully saturated rings. The third-order valence-electron chi connectivity index (χ3n) is 2.42. The first-order valence-corrected chi connectivity index (χ1v) is 5.59. The normalized spacial score (nSPS) is 12.3. The van der Waals surface area contributed by atoms with E-state index in [9.17, 15) is 9.90 Å². The van der Waals surface area contributed by atoms with Gasteiger partial charge in [0.15, 0.2) is 0 Å². The van der Waals surface area contributed by atoms with E-state index < -0.39 is 5.97 Å². The van der Waals surface area contributed by atoms with Crippen molar-refractivity contribution in [2.75, 3.05) is 6.61 Å². The minimum Gasteiger partial charge on any atom is -0.478 e. The number of nitrogens with zero attached hydrogens (tertiary/aromatic N) is 1. The van der Waals surface area contributed by atoms with Crippen molar-refractivity contribution in [3.05, 3.63) is 35.9 Å². The first-order valence-electron chi connectivity index (χ1n) is 5.59. The fourth-order valence-electron chi connectivity index (χ4n) is 1.62. The van der Waals surface area contributed by atoms with Crippen molar-refractivity contribution in [2.45, 2.75) is 13.0 Å². The van der Waals surface area contributed by atoms with Crippen LogP contribution in [-0.4, -0.2) is 28.7 Å². The minimum atomic E-state index is -1.00. The van der Waals surface area contributed by atoms with Gasteiger partial charge in [0, 0.05) is 17.5 Å². The van der Waals surface area contributed by atoms with Crippen LogP contribution in [0.15, 0.2) is 30.3 Å². The molecule has 0 radical (unpaired) electrons. The van der Waals surface area contributed by atoms with E-state index in [2.05, 4.69) is 4.98 Å². The Morgan fingerprint density at radius 1 is 1.50 bits per heavy atom. The lowest BCUT2D eigenvalue weighted by Crippen LogP contribution is -2.24. The number of carboxylic acid groups (broad SMARTS) is 1. The summed E-state index contributed by atoms with van der Waals surface area (Å²) in [5.41, 5.74) is 6.36. The zero-order valence-electron chi connectivity index (χ0n) is 9.96. The predicted molar refractivity (Wildman–Crippen MR) is 67.8 cm³/mol. The van der Waals surface area contributed by atoms with Gasteiger partial charge in [0.2, 0.25) is 5.88 Å². The molecular formula is C13H14N2O3. The first kappa shape index (κ1) is 12.3. The van der Waals surface area contributed by atoms with Crippen molar-refractivity contribution in [1.82, 2.24) is 4.98 Å². The van der Waals surface area contributed by atoms with Crippen LogP contribution in [0, 0.1) is 0 Å². The molecule has 0 aliphatic carbocycles. The molecule has 0 amide bonds. The van der Waals surface area contributed by atoms with Gasteiger partial charge in [-0.25, -0.2) is 9.78 Å². The molecular weight excluding hydrogens is 232 g/mol. The number of fused-ring (bicyclic) bond motifs is 1. The number of carbonyl (C=O) groups is 1. The molecule has 0 bridgehead atoms. The van der Waals surface area contributed by atoms with E-state index in [1.807, 2.05) is 0 Å². The molecule has 2 rings (SSSR count). The quantitative estimate of drug-likeness (QED) is 0.856. The topological polar surface area (TPSA) is 85.4 Å². The third-order valence-corrected chi connectivity index (χ3v) is 2.42. The van der Waals surface area contributed by atoms with Crippen molar-refractivity contribution in [3.63, 3.8) is 0 Å². The molecule has 1 atom stereocenters. The lowest BCUT2D eigenvalue weighted by atomic mass is 10.1. The second kappa shape index (κ2) is 5.01. The Kier molecular flexibility index (Phi) is 3.43. The number of para-hydroxylation sites is 1. The minimum absolute atomic E-state index is 0.133. The highest BCUT2D eigenvalue weighted by atomic mass is 16.5. The summed E-state index contributed by atoms with van der Waals surface area (Å²) >= 11 is 0. The molecule has 1 aromatic carbocycles. The number of benzene rings is 1. The second-order valence-corrected chi connectivity index (χ2v) is 4.12. The van der Waals surface area contributed by atoms with Crippen molar-refractivity contribution in [2.24, 2.45) is 5.73 Å². The van der Waals surface area contributed by atoms with Gasteiger partial charge in [-0.3, -0.25) is 0 Å². The number of carboxylic acids is 1. The molecule has 3 N–H and O–H groups in total. The Morgan fingerprint density at radius 2 is 2.22 bits per heavy atom. The Labute approximate surface area is 104 Å². The van der Waals surface area contributed by atoms with Gasteiger partial charge in [-0.05, 0) is 13.0 Å². The van der Waals surface area contributed by atoms with E-state index in [4.69, 9.17) is 10.5 Å². The lowest BCUT2D eigenvalue weighted by Gasteiger charge is -2.10. The highest BCUT2D eigenvalue weighted by Gasteiger charge is 2.12. The van der Waals surface area contributed by atoms with Crippen molar-refractivity contribution in [1.29, 1.82) is 0 Å². The van der Waals surface area contributed by atoms with Crippen LogP contribution in [0.4, 0.5) is 0 Å². The van der Waals surface area contributed by atoms with Crippen molar-refractivity contribution < 1.29 is 14.6 Å². The fraction of sp³-hybridized carbons (Fsp3) is 0.231. The van der Waals surface area contributed by atoms with Gasteiger partial charge >= 0.3 is 5.97 Å². The van der Waals surface area contributed by atoms with Gasteiger partial charge < -0.3 is 15.6 Å². The number of aromatic carboxylic acids is 1. The highest BCUT2D eigenvalue weighted by molar-refractivity contribution is 6.02. The molecule has 1 heterocycles. The second-order valence-electron chi connectivity index (χ2n) is 4.12. The van der Waals surface area contributed by atoms with Gasteiger partial charge in [0.05, 0.1) is 11.1 Å². The van der Waals surface area contributed by atoms with Crippen molar-refractivity contribution >= 4 is 16.9 Å². The van der Waals surface area contributed by atoms with Crippen LogP contribution in [0.1, 0.15) is 17.3 Å². The van der Waals surface area contributed by atoms with Gasteiger partial charge in [-0.2, -0.15) is 0 Å². The largest absolute Gasteiger partial charge is 0.478 e. The molecule has 18 heavy (non-hydrogen) atoms. The van der Waals surface area contributed by atoms with Crippen LogP contribution >= 0.6 is 0 Å². The van der Waals surface area contributed by atoms with Gasteiger partial charge in [-0.15, -0.1) is 0 Å². The van der Waals surface area contributed by atoms with Crippen LogP contribution in [0.2, 0.25) is 0 Å². The molecule has 0 aliphatic rings. The van der Waals surface area contributed by atoms with Crippen LogP contribution in [-0.2, 0) is 0 Å². The molecule has 1 unspecified atom stereocenters. The summed E-state index contributed by atoms with van der Waals surface area (Å²) in [5, 5.41) is 9.77. The standard InChI is InChI=1S/C13H14N2O3/c1-8(14)7-18-12-6-10(13(16)17)9-4-2-3-5-11(9)15-12/h2-6,8H,7,14H2,1H3,(H,16,17).